The van der Waals surface area contributed by atoms with Gasteiger partial charge >= 0.3 is 0 Å². The molecule has 0 atom stereocenters. The van der Waals surface area contributed by atoms with Crippen LogP contribution in [0.2, 0.25) is 0 Å². The molecule has 1 aromatic carbocycles. The SMILES string of the molecule is CCc1nnsc1C(=O)Nc1ccnn1Cc1cccc(C)c1. The summed E-state index contributed by atoms with van der Waals surface area (Å²) in [5, 5.41) is 11.2. The standard InChI is InChI=1S/C16H17N5OS/c1-3-13-15(23-20-19-13)16(22)18-14-7-8-17-21(14)10-12-6-4-5-11(2)9-12/h4-9H,3,10H2,1-2H3,(H,18,22). The second kappa shape index (κ2) is 6.70. The summed E-state index contributed by atoms with van der Waals surface area (Å²) in [6.45, 7) is 4.61. The molecule has 118 valence electrons. The highest BCUT2D eigenvalue weighted by molar-refractivity contribution is 7.08. The lowest BCUT2D eigenvalue weighted by Gasteiger charge is -2.09. The zero-order chi connectivity index (χ0) is 16.2. The van der Waals surface area contributed by atoms with Crippen LogP contribution in [0.1, 0.15) is 33.4 Å². The normalized spacial score (nSPS) is 10.7. The molecule has 0 radical (unpaired) electrons. The van der Waals surface area contributed by atoms with E-state index in [1.54, 1.807) is 16.9 Å². The molecule has 1 amide bonds. The van der Waals surface area contributed by atoms with Crippen molar-refractivity contribution in [1.82, 2.24) is 19.4 Å². The first-order valence-electron chi connectivity index (χ1n) is 7.37. The van der Waals surface area contributed by atoms with Crippen LogP contribution < -0.4 is 5.32 Å². The van der Waals surface area contributed by atoms with Gasteiger partial charge in [0.05, 0.1) is 18.4 Å². The minimum Gasteiger partial charge on any atom is -0.306 e. The molecule has 3 rings (SSSR count). The Hall–Kier alpha value is -2.54. The fraction of sp³-hybridized carbons (Fsp3) is 0.250. The van der Waals surface area contributed by atoms with E-state index in [1.165, 1.54) is 5.56 Å². The van der Waals surface area contributed by atoms with E-state index in [1.807, 2.05) is 19.1 Å². The molecule has 3 aromatic rings. The van der Waals surface area contributed by atoms with E-state index in [0.29, 0.717) is 23.7 Å². The van der Waals surface area contributed by atoms with Crippen LogP contribution in [0.5, 0.6) is 0 Å². The molecule has 0 saturated carbocycles. The van der Waals surface area contributed by atoms with Crippen LogP contribution >= 0.6 is 11.5 Å². The smallest absolute Gasteiger partial charge is 0.270 e. The molecule has 0 aliphatic rings. The minimum atomic E-state index is -0.192. The molecule has 6 nitrogen and oxygen atoms in total. The molecule has 23 heavy (non-hydrogen) atoms. The lowest BCUT2D eigenvalue weighted by Crippen LogP contribution is -2.16. The van der Waals surface area contributed by atoms with E-state index in [9.17, 15) is 4.79 Å². The molecular weight excluding hydrogens is 310 g/mol. The summed E-state index contributed by atoms with van der Waals surface area (Å²) in [6, 6.07) is 10.0. The summed E-state index contributed by atoms with van der Waals surface area (Å²) >= 11 is 1.11. The van der Waals surface area contributed by atoms with Crippen molar-refractivity contribution in [2.45, 2.75) is 26.8 Å². The maximum Gasteiger partial charge on any atom is 0.270 e. The quantitative estimate of drug-likeness (QED) is 0.782. The summed E-state index contributed by atoms with van der Waals surface area (Å²) in [5.74, 6) is 0.467. The zero-order valence-electron chi connectivity index (χ0n) is 13.0. The van der Waals surface area contributed by atoms with Gasteiger partial charge in [-0.3, -0.25) is 4.79 Å². The second-order valence-electron chi connectivity index (χ2n) is 5.22. The number of carbonyl (C=O) groups excluding carboxylic acids is 1. The van der Waals surface area contributed by atoms with Crippen molar-refractivity contribution in [3.8, 4) is 0 Å². The van der Waals surface area contributed by atoms with Gasteiger partial charge in [0.15, 0.2) is 0 Å². The van der Waals surface area contributed by atoms with E-state index in [-0.39, 0.29) is 5.91 Å². The van der Waals surface area contributed by atoms with Crippen LogP contribution in [-0.2, 0) is 13.0 Å². The fourth-order valence-electron chi connectivity index (χ4n) is 2.33. The molecule has 7 heteroatoms. The molecule has 2 aromatic heterocycles. The predicted molar refractivity (Wildman–Crippen MR) is 89.7 cm³/mol. The van der Waals surface area contributed by atoms with Gasteiger partial charge in [-0.05, 0) is 30.4 Å². The Kier molecular flexibility index (Phi) is 4.47. The van der Waals surface area contributed by atoms with Crippen molar-refractivity contribution in [1.29, 1.82) is 0 Å². The summed E-state index contributed by atoms with van der Waals surface area (Å²) < 4.78 is 5.62. The van der Waals surface area contributed by atoms with Crippen molar-refractivity contribution in [3.63, 3.8) is 0 Å². The minimum absolute atomic E-state index is 0.192. The van der Waals surface area contributed by atoms with Crippen molar-refractivity contribution in [2.75, 3.05) is 5.32 Å². The summed E-state index contributed by atoms with van der Waals surface area (Å²) in [6.07, 6.45) is 2.36. The third-order valence-electron chi connectivity index (χ3n) is 3.47. The van der Waals surface area contributed by atoms with Crippen LogP contribution in [0.3, 0.4) is 0 Å². The Labute approximate surface area is 138 Å². The molecule has 0 fully saturated rings. The lowest BCUT2D eigenvalue weighted by molar-refractivity contribution is 0.102. The van der Waals surface area contributed by atoms with E-state index in [4.69, 9.17) is 0 Å². The maximum atomic E-state index is 12.4. The number of nitrogens with zero attached hydrogens (tertiary/aromatic N) is 4. The van der Waals surface area contributed by atoms with Gasteiger partial charge in [-0.25, -0.2) is 4.68 Å². The number of aryl methyl sites for hydroxylation is 2. The Morgan fingerprint density at radius 1 is 1.35 bits per heavy atom. The summed E-state index contributed by atoms with van der Waals surface area (Å²) in [4.78, 5) is 12.9. The molecular formula is C16H17N5OS. The highest BCUT2D eigenvalue weighted by Crippen LogP contribution is 2.16. The molecule has 0 unspecified atom stereocenters. The van der Waals surface area contributed by atoms with Crippen molar-refractivity contribution < 1.29 is 4.79 Å². The Morgan fingerprint density at radius 2 is 2.22 bits per heavy atom. The number of hydrogen-bond donors (Lipinski definition) is 1. The maximum absolute atomic E-state index is 12.4. The van der Waals surface area contributed by atoms with Gasteiger partial charge in [-0.1, -0.05) is 41.2 Å². The van der Waals surface area contributed by atoms with Gasteiger partial charge in [-0.2, -0.15) is 5.10 Å². The molecule has 1 N–H and O–H groups in total. The third-order valence-corrected chi connectivity index (χ3v) is 4.24. The van der Waals surface area contributed by atoms with Gasteiger partial charge in [-0.15, -0.1) is 5.10 Å². The lowest BCUT2D eigenvalue weighted by atomic mass is 10.1. The topological polar surface area (TPSA) is 72.7 Å². The number of anilines is 1. The average Bonchev–Trinajstić information content (AvgIpc) is 3.16. The third kappa shape index (κ3) is 3.45. The van der Waals surface area contributed by atoms with E-state index in [2.05, 4.69) is 39.1 Å². The fourth-order valence-corrected chi connectivity index (χ4v) is 2.98. The van der Waals surface area contributed by atoms with Crippen LogP contribution in [0.15, 0.2) is 36.5 Å². The van der Waals surface area contributed by atoms with Gasteiger partial charge in [0.2, 0.25) is 0 Å². The van der Waals surface area contributed by atoms with Gasteiger partial charge in [0, 0.05) is 6.07 Å². The number of carbonyl (C=O) groups is 1. The largest absolute Gasteiger partial charge is 0.306 e. The van der Waals surface area contributed by atoms with Crippen molar-refractivity contribution in [2.24, 2.45) is 0 Å². The summed E-state index contributed by atoms with van der Waals surface area (Å²) in [5.41, 5.74) is 3.05. The van der Waals surface area contributed by atoms with Crippen molar-refractivity contribution >= 4 is 23.3 Å². The molecule has 0 spiro atoms. The number of benzene rings is 1. The molecule has 0 aliphatic carbocycles. The molecule has 0 aliphatic heterocycles. The molecule has 2 heterocycles. The van der Waals surface area contributed by atoms with Crippen molar-refractivity contribution in [3.05, 3.63) is 58.2 Å². The van der Waals surface area contributed by atoms with Crippen LogP contribution in [0.25, 0.3) is 0 Å². The van der Waals surface area contributed by atoms with Crippen LogP contribution in [0, 0.1) is 6.92 Å². The molecule has 0 bridgehead atoms. The molecule has 0 saturated heterocycles. The number of nitrogens with one attached hydrogen (secondary N) is 1. The number of amides is 1. The average molecular weight is 327 g/mol. The number of rotatable bonds is 5. The number of aromatic nitrogens is 4. The first-order chi connectivity index (χ1) is 11.2. The van der Waals surface area contributed by atoms with Gasteiger partial charge < -0.3 is 5.32 Å². The highest BCUT2D eigenvalue weighted by atomic mass is 32.1. The number of hydrogen-bond acceptors (Lipinski definition) is 5. The van der Waals surface area contributed by atoms with Gasteiger partial charge in [0.25, 0.3) is 5.91 Å². The van der Waals surface area contributed by atoms with Crippen LogP contribution in [-0.4, -0.2) is 25.3 Å². The first kappa shape index (κ1) is 15.4. The van der Waals surface area contributed by atoms with E-state index in [0.717, 1.165) is 22.8 Å². The highest BCUT2D eigenvalue weighted by Gasteiger charge is 2.16. The Balaban J connectivity index is 1.77. The summed E-state index contributed by atoms with van der Waals surface area (Å²) in [7, 11) is 0. The van der Waals surface area contributed by atoms with E-state index >= 15 is 0 Å². The zero-order valence-corrected chi connectivity index (χ0v) is 13.8. The van der Waals surface area contributed by atoms with Crippen LogP contribution in [0.4, 0.5) is 5.82 Å². The second-order valence-corrected chi connectivity index (χ2v) is 5.97. The van der Waals surface area contributed by atoms with Gasteiger partial charge in [0.1, 0.15) is 10.7 Å². The monoisotopic (exact) mass is 327 g/mol. The predicted octanol–water partition coefficient (Wildman–Crippen LogP) is 2.91. The first-order valence-corrected chi connectivity index (χ1v) is 8.14. The Morgan fingerprint density at radius 3 is 3.00 bits per heavy atom. The van der Waals surface area contributed by atoms with E-state index < -0.39 is 0 Å². The Bertz CT molecular complexity index is 823.